The van der Waals surface area contributed by atoms with Crippen molar-refractivity contribution in [3.05, 3.63) is 290 Å². The Morgan fingerprint density at radius 2 is 0.449 bits per heavy atom. The lowest BCUT2D eigenvalue weighted by Gasteiger charge is -2.31. The topological polar surface area (TPSA) is 6.48 Å². The molecule has 0 spiro atoms. The zero-order valence-corrected chi connectivity index (χ0v) is 49.0. The molecule has 20 aromatic carbocycles. The highest BCUT2D eigenvalue weighted by Gasteiger charge is 2.38. The van der Waals surface area contributed by atoms with Gasteiger partial charge < -0.3 is 9.80 Å². The fraction of sp³-hybridized carbons (Fsp3) is 0.0345. The third-order valence-electron chi connectivity index (χ3n) is 21.1. The highest BCUT2D eigenvalue weighted by molar-refractivity contribution is 6.37. The first-order chi connectivity index (χ1) is 43.9. The van der Waals surface area contributed by atoms with Crippen LogP contribution in [0, 0.1) is 0 Å². The highest BCUT2D eigenvalue weighted by Crippen LogP contribution is 2.56. The van der Waals surface area contributed by atoms with Crippen molar-refractivity contribution in [2.24, 2.45) is 0 Å². The van der Waals surface area contributed by atoms with E-state index in [1.54, 1.807) is 0 Å². The molecule has 20 aromatic rings. The SMILES string of the molecule is CC1(C)c2cc(N(c3ccc4c5cccc6cccc(c7cccc3c74)c65)c3ccc4ccc5cccc6ccc3c4c56)ccc2-c2ccc(N(c3ccc4c5cccc6cccc(c7cccc3c74)c65)c3ccc4ccc5cccc6ccc3c4c56)cc21. The Labute approximate surface area is 512 Å². The van der Waals surface area contributed by atoms with Crippen molar-refractivity contribution in [3.8, 4) is 11.1 Å². The molecular formula is C87H52N2. The number of fused-ring (bicyclic) bond motifs is 7. The number of benzene rings is 20. The monoisotopic (exact) mass is 1120 g/mol. The van der Waals surface area contributed by atoms with E-state index in [9.17, 15) is 0 Å². The van der Waals surface area contributed by atoms with Gasteiger partial charge in [0.2, 0.25) is 0 Å². The Bertz CT molecular complexity index is 5940. The van der Waals surface area contributed by atoms with E-state index in [2.05, 4.69) is 303 Å². The molecule has 2 nitrogen and oxygen atoms in total. The second-order valence-electron chi connectivity index (χ2n) is 25.8. The summed E-state index contributed by atoms with van der Waals surface area (Å²) in [4.78, 5) is 5.18. The van der Waals surface area contributed by atoms with Gasteiger partial charge in [-0.15, -0.1) is 0 Å². The molecule has 21 rings (SSSR count). The predicted octanol–water partition coefficient (Wildman–Crippen LogP) is 24.8. The van der Waals surface area contributed by atoms with Gasteiger partial charge in [-0.2, -0.15) is 0 Å². The number of nitrogens with zero attached hydrogens (tertiary/aromatic N) is 2. The summed E-state index contributed by atoms with van der Waals surface area (Å²) in [5, 5.41) is 35.9. The van der Waals surface area contributed by atoms with E-state index in [1.165, 1.54) is 173 Å². The maximum Gasteiger partial charge on any atom is 0.0540 e. The van der Waals surface area contributed by atoms with E-state index < -0.39 is 0 Å². The van der Waals surface area contributed by atoms with Crippen LogP contribution < -0.4 is 9.80 Å². The van der Waals surface area contributed by atoms with Crippen LogP contribution in [0.2, 0.25) is 0 Å². The first-order valence-corrected chi connectivity index (χ1v) is 31.3. The third-order valence-corrected chi connectivity index (χ3v) is 21.1. The molecule has 0 unspecified atom stereocenters. The fourth-order valence-electron chi connectivity index (χ4n) is 17.3. The lowest BCUT2D eigenvalue weighted by Crippen LogP contribution is -2.18. The standard InChI is InChI=1S/C87H52N2/c1-87(2)73-47-57(88(75-43-33-55-29-27-51-11-3-13-53-31-37-71(75)83(55)79(51)53)77-45-41-67-63-21-7-17-49-15-5-19-61(81(49)63)65-23-9-25-69(77)85(65)67)35-39-59(73)60-40-36-58(48-74(60)87)89(76-44-34-56-30-28-52-12-4-14-54-32-38-72(76)84(56)80(52)54)78-46-42-68-64-22-8-18-50-16-6-20-62(82(50)64)66-24-10-26-70(78)86(66)68/h3-48H,1-2H3. The molecule has 2 heteroatoms. The molecule has 0 saturated heterocycles. The van der Waals surface area contributed by atoms with E-state index in [0.29, 0.717) is 0 Å². The van der Waals surface area contributed by atoms with Crippen LogP contribution in [-0.2, 0) is 5.41 Å². The van der Waals surface area contributed by atoms with Gasteiger partial charge in [0.05, 0.1) is 22.7 Å². The molecule has 0 saturated carbocycles. The minimum absolute atomic E-state index is 0.385. The maximum absolute atomic E-state index is 2.59. The van der Waals surface area contributed by atoms with Crippen molar-refractivity contribution >= 4 is 185 Å². The average molecular weight is 1130 g/mol. The fourth-order valence-corrected chi connectivity index (χ4v) is 17.3. The van der Waals surface area contributed by atoms with Gasteiger partial charge >= 0.3 is 0 Å². The predicted molar refractivity (Wildman–Crippen MR) is 383 cm³/mol. The summed E-state index contributed by atoms with van der Waals surface area (Å²) in [6, 6.07) is 107. The Hall–Kier alpha value is -11.3. The van der Waals surface area contributed by atoms with Crippen molar-refractivity contribution in [3.63, 3.8) is 0 Å². The van der Waals surface area contributed by atoms with Crippen LogP contribution in [-0.4, -0.2) is 0 Å². The van der Waals surface area contributed by atoms with Gasteiger partial charge in [-0.3, -0.25) is 0 Å². The van der Waals surface area contributed by atoms with Crippen molar-refractivity contribution in [2.45, 2.75) is 19.3 Å². The average Bonchev–Trinajstić information content (AvgIpc) is 0.997. The second-order valence-corrected chi connectivity index (χ2v) is 25.8. The van der Waals surface area contributed by atoms with E-state index in [4.69, 9.17) is 0 Å². The van der Waals surface area contributed by atoms with Gasteiger partial charge in [-0.1, -0.05) is 244 Å². The van der Waals surface area contributed by atoms with Crippen LogP contribution in [0.3, 0.4) is 0 Å². The van der Waals surface area contributed by atoms with Crippen LogP contribution in [0.4, 0.5) is 34.1 Å². The normalized spacial score (nSPS) is 13.4. The maximum atomic E-state index is 2.59. The van der Waals surface area contributed by atoms with Crippen LogP contribution in [0.25, 0.3) is 162 Å². The Balaban J connectivity index is 0.790. The molecule has 0 atom stereocenters. The number of hydrogen-bond acceptors (Lipinski definition) is 2. The van der Waals surface area contributed by atoms with Crippen molar-refractivity contribution in [2.75, 3.05) is 9.80 Å². The molecule has 0 amide bonds. The van der Waals surface area contributed by atoms with E-state index >= 15 is 0 Å². The zero-order chi connectivity index (χ0) is 58.1. The van der Waals surface area contributed by atoms with Crippen LogP contribution in [0.1, 0.15) is 25.0 Å². The molecule has 1 aliphatic carbocycles. The Kier molecular flexibility index (Phi) is 9.15. The van der Waals surface area contributed by atoms with Gasteiger partial charge in [-0.05, 0) is 200 Å². The molecule has 0 heterocycles. The minimum atomic E-state index is -0.385. The summed E-state index contributed by atoms with van der Waals surface area (Å²) in [5.41, 5.74) is 11.7. The van der Waals surface area contributed by atoms with Crippen LogP contribution in [0.15, 0.2) is 279 Å². The summed E-state index contributed by atoms with van der Waals surface area (Å²) in [6.45, 7) is 4.90. The van der Waals surface area contributed by atoms with E-state index in [1.807, 2.05) is 0 Å². The van der Waals surface area contributed by atoms with E-state index in [-0.39, 0.29) is 5.41 Å². The first kappa shape index (κ1) is 47.9. The Morgan fingerprint density at radius 1 is 0.202 bits per heavy atom. The lowest BCUT2D eigenvalue weighted by atomic mass is 9.82. The van der Waals surface area contributed by atoms with Crippen molar-refractivity contribution in [1.29, 1.82) is 0 Å². The smallest absolute Gasteiger partial charge is 0.0540 e. The van der Waals surface area contributed by atoms with Gasteiger partial charge in [0.1, 0.15) is 0 Å². The molecule has 1 aliphatic rings. The molecule has 0 fully saturated rings. The molecule has 0 aromatic heterocycles. The van der Waals surface area contributed by atoms with Crippen LogP contribution >= 0.6 is 0 Å². The summed E-state index contributed by atoms with van der Waals surface area (Å²) >= 11 is 0. The summed E-state index contributed by atoms with van der Waals surface area (Å²) < 4.78 is 0. The minimum Gasteiger partial charge on any atom is -0.309 e. The number of hydrogen-bond donors (Lipinski definition) is 0. The highest BCUT2D eigenvalue weighted by atomic mass is 15.2. The van der Waals surface area contributed by atoms with Crippen molar-refractivity contribution in [1.82, 2.24) is 0 Å². The number of rotatable bonds is 6. The second kappa shape index (κ2) is 17.0. The molecule has 0 bridgehead atoms. The molecule has 0 aliphatic heterocycles. The molecule has 89 heavy (non-hydrogen) atoms. The lowest BCUT2D eigenvalue weighted by molar-refractivity contribution is 0.660. The third kappa shape index (κ3) is 6.20. The number of anilines is 6. The molecule has 410 valence electrons. The summed E-state index contributed by atoms with van der Waals surface area (Å²) in [6.07, 6.45) is 0. The van der Waals surface area contributed by atoms with Gasteiger partial charge in [0.25, 0.3) is 0 Å². The first-order valence-electron chi connectivity index (χ1n) is 31.3. The molecular weight excluding hydrogens is 1070 g/mol. The largest absolute Gasteiger partial charge is 0.309 e. The van der Waals surface area contributed by atoms with Crippen molar-refractivity contribution < 1.29 is 0 Å². The quantitative estimate of drug-likeness (QED) is 0.121. The zero-order valence-electron chi connectivity index (χ0n) is 49.0. The van der Waals surface area contributed by atoms with Gasteiger partial charge in [-0.25, -0.2) is 0 Å². The van der Waals surface area contributed by atoms with E-state index in [0.717, 1.165) is 34.1 Å². The van der Waals surface area contributed by atoms with Gasteiger partial charge in [0, 0.05) is 38.3 Å². The Morgan fingerprint density at radius 3 is 0.831 bits per heavy atom. The summed E-state index contributed by atoms with van der Waals surface area (Å²) in [5.74, 6) is 0. The van der Waals surface area contributed by atoms with Crippen LogP contribution in [0.5, 0.6) is 0 Å². The molecule has 0 radical (unpaired) electrons. The van der Waals surface area contributed by atoms with Gasteiger partial charge in [0.15, 0.2) is 0 Å². The summed E-state index contributed by atoms with van der Waals surface area (Å²) in [7, 11) is 0. The molecule has 0 N–H and O–H groups in total.